The summed E-state index contributed by atoms with van der Waals surface area (Å²) in [4.78, 5) is 12.1. The van der Waals surface area contributed by atoms with E-state index in [1.54, 1.807) is 9.13 Å². The molecule has 0 aliphatic heterocycles. The molecular formula is C16H22BrN3O. The van der Waals surface area contributed by atoms with Gasteiger partial charge in [-0.25, -0.2) is 4.79 Å². The van der Waals surface area contributed by atoms with Gasteiger partial charge >= 0.3 is 5.69 Å². The fourth-order valence-electron chi connectivity index (χ4n) is 3.27. The SMILES string of the molecule is CNC(CC1CCC1)c1cc2c(cc1Br)n(C)c(=O)n2C. The highest BCUT2D eigenvalue weighted by atomic mass is 79.9. The number of nitrogens with one attached hydrogen (secondary N) is 1. The van der Waals surface area contributed by atoms with E-state index in [1.165, 1.54) is 31.2 Å². The number of rotatable bonds is 4. The molecule has 1 aromatic heterocycles. The number of imidazole rings is 1. The second kappa shape index (κ2) is 5.61. The van der Waals surface area contributed by atoms with E-state index in [0.29, 0.717) is 6.04 Å². The van der Waals surface area contributed by atoms with Crippen molar-refractivity contribution in [3.8, 4) is 0 Å². The van der Waals surface area contributed by atoms with Gasteiger partial charge in [0.1, 0.15) is 0 Å². The van der Waals surface area contributed by atoms with Crippen molar-refractivity contribution in [2.24, 2.45) is 20.0 Å². The molecule has 1 fully saturated rings. The summed E-state index contributed by atoms with van der Waals surface area (Å²) in [7, 11) is 5.67. The zero-order chi connectivity index (χ0) is 15.1. The molecule has 0 amide bonds. The van der Waals surface area contributed by atoms with Crippen LogP contribution in [0.3, 0.4) is 0 Å². The van der Waals surface area contributed by atoms with Crippen molar-refractivity contribution >= 4 is 27.0 Å². The fraction of sp³-hybridized carbons (Fsp3) is 0.562. The minimum Gasteiger partial charge on any atom is -0.313 e. The van der Waals surface area contributed by atoms with E-state index < -0.39 is 0 Å². The third-order valence-electron chi connectivity index (χ3n) is 4.91. The van der Waals surface area contributed by atoms with Gasteiger partial charge in [0.2, 0.25) is 0 Å². The lowest BCUT2D eigenvalue weighted by molar-refractivity contribution is 0.265. The lowest BCUT2D eigenvalue weighted by Crippen LogP contribution is -2.23. The van der Waals surface area contributed by atoms with Gasteiger partial charge < -0.3 is 5.32 Å². The minimum atomic E-state index is 0.0223. The first kappa shape index (κ1) is 14.9. The zero-order valence-corrected chi connectivity index (χ0v) is 14.4. The first-order valence-corrected chi connectivity index (χ1v) is 8.34. The standard InChI is InChI=1S/C16H22BrN3O/c1-18-13(7-10-5-4-6-10)11-8-14-15(9-12(11)17)20(3)16(21)19(14)2/h8-10,13,18H,4-7H2,1-3H3. The molecule has 0 saturated heterocycles. The predicted octanol–water partition coefficient (Wildman–Crippen LogP) is 3.09. The zero-order valence-electron chi connectivity index (χ0n) is 12.8. The molecule has 1 aromatic carbocycles. The number of benzene rings is 1. The van der Waals surface area contributed by atoms with Gasteiger partial charge in [-0.3, -0.25) is 9.13 Å². The van der Waals surface area contributed by atoms with Crippen LogP contribution in [0, 0.1) is 5.92 Å². The van der Waals surface area contributed by atoms with E-state index in [4.69, 9.17) is 0 Å². The average molecular weight is 352 g/mol. The van der Waals surface area contributed by atoms with E-state index >= 15 is 0 Å². The monoisotopic (exact) mass is 351 g/mol. The predicted molar refractivity (Wildman–Crippen MR) is 89.6 cm³/mol. The van der Waals surface area contributed by atoms with Crippen LogP contribution in [0.1, 0.15) is 37.3 Å². The molecule has 3 rings (SSSR count). The molecule has 2 aromatic rings. The highest BCUT2D eigenvalue weighted by Gasteiger charge is 2.24. The molecule has 1 saturated carbocycles. The summed E-state index contributed by atoms with van der Waals surface area (Å²) >= 11 is 3.69. The Balaban J connectivity index is 2.06. The van der Waals surface area contributed by atoms with Gasteiger partial charge in [-0.15, -0.1) is 0 Å². The van der Waals surface area contributed by atoms with Crippen molar-refractivity contribution < 1.29 is 0 Å². The number of hydrogen-bond acceptors (Lipinski definition) is 2. The molecule has 1 heterocycles. The largest absolute Gasteiger partial charge is 0.328 e. The van der Waals surface area contributed by atoms with Crippen molar-refractivity contribution in [3.63, 3.8) is 0 Å². The summed E-state index contributed by atoms with van der Waals surface area (Å²) in [5, 5.41) is 3.44. The summed E-state index contributed by atoms with van der Waals surface area (Å²) in [5.41, 5.74) is 3.23. The molecule has 1 aliphatic rings. The van der Waals surface area contributed by atoms with Gasteiger partial charge in [0.15, 0.2) is 0 Å². The Hall–Kier alpha value is -1.07. The summed E-state index contributed by atoms with van der Waals surface area (Å²) in [6.45, 7) is 0. The highest BCUT2D eigenvalue weighted by Crippen LogP contribution is 2.37. The Bertz CT molecular complexity index is 727. The number of nitrogens with zero attached hydrogens (tertiary/aromatic N) is 2. The van der Waals surface area contributed by atoms with Crippen LogP contribution in [-0.4, -0.2) is 16.2 Å². The number of fused-ring (bicyclic) bond motifs is 1. The Morgan fingerprint density at radius 3 is 2.43 bits per heavy atom. The first-order valence-electron chi connectivity index (χ1n) is 7.55. The number of aryl methyl sites for hydroxylation is 2. The van der Waals surface area contributed by atoms with Crippen LogP contribution in [0.2, 0.25) is 0 Å². The summed E-state index contributed by atoms with van der Waals surface area (Å²) in [6, 6.07) is 4.56. The molecule has 21 heavy (non-hydrogen) atoms. The van der Waals surface area contributed by atoms with E-state index in [9.17, 15) is 4.79 Å². The quantitative estimate of drug-likeness (QED) is 0.919. The van der Waals surface area contributed by atoms with Crippen LogP contribution in [0.15, 0.2) is 21.4 Å². The molecule has 114 valence electrons. The first-order chi connectivity index (χ1) is 10.0. The van der Waals surface area contributed by atoms with Crippen LogP contribution in [-0.2, 0) is 14.1 Å². The minimum absolute atomic E-state index is 0.0223. The summed E-state index contributed by atoms with van der Waals surface area (Å²) in [5.74, 6) is 0.838. The Morgan fingerprint density at radius 1 is 1.29 bits per heavy atom. The van der Waals surface area contributed by atoms with Gasteiger partial charge in [0.25, 0.3) is 0 Å². The van der Waals surface area contributed by atoms with E-state index in [2.05, 4.69) is 33.4 Å². The van der Waals surface area contributed by atoms with Crippen LogP contribution < -0.4 is 11.0 Å². The molecular weight excluding hydrogens is 330 g/mol. The van der Waals surface area contributed by atoms with Crippen LogP contribution >= 0.6 is 15.9 Å². The Morgan fingerprint density at radius 2 is 1.90 bits per heavy atom. The lowest BCUT2D eigenvalue weighted by atomic mass is 9.79. The normalized spacial score (nSPS) is 17.1. The Labute approximate surface area is 133 Å². The average Bonchev–Trinajstić information content (AvgIpc) is 2.63. The third-order valence-corrected chi connectivity index (χ3v) is 5.59. The number of aromatic nitrogens is 2. The molecule has 0 bridgehead atoms. The lowest BCUT2D eigenvalue weighted by Gasteiger charge is -2.30. The van der Waals surface area contributed by atoms with Crippen molar-refractivity contribution in [3.05, 3.63) is 32.7 Å². The van der Waals surface area contributed by atoms with Gasteiger partial charge in [-0.05, 0) is 37.1 Å². The molecule has 1 atom stereocenters. The van der Waals surface area contributed by atoms with Gasteiger partial charge in [-0.1, -0.05) is 35.2 Å². The topological polar surface area (TPSA) is 39.0 Å². The van der Waals surface area contributed by atoms with Crippen molar-refractivity contribution in [1.29, 1.82) is 0 Å². The van der Waals surface area contributed by atoms with Crippen LogP contribution in [0.5, 0.6) is 0 Å². The smallest absolute Gasteiger partial charge is 0.313 e. The maximum absolute atomic E-state index is 12.1. The third kappa shape index (κ3) is 2.46. The van der Waals surface area contributed by atoms with Crippen LogP contribution in [0.4, 0.5) is 0 Å². The second-order valence-corrected chi connectivity index (χ2v) is 6.99. The molecule has 0 spiro atoms. The summed E-state index contributed by atoms with van der Waals surface area (Å²) in [6.07, 6.45) is 5.24. The second-order valence-electron chi connectivity index (χ2n) is 6.14. The maximum Gasteiger partial charge on any atom is 0.328 e. The van der Waals surface area contributed by atoms with Crippen LogP contribution in [0.25, 0.3) is 11.0 Å². The van der Waals surface area contributed by atoms with Crippen molar-refractivity contribution in [2.75, 3.05) is 7.05 Å². The molecule has 1 aliphatic carbocycles. The van der Waals surface area contributed by atoms with Gasteiger partial charge in [0.05, 0.1) is 11.0 Å². The molecule has 1 unspecified atom stereocenters. The van der Waals surface area contributed by atoms with Crippen molar-refractivity contribution in [1.82, 2.24) is 14.5 Å². The summed E-state index contributed by atoms with van der Waals surface area (Å²) < 4.78 is 4.50. The van der Waals surface area contributed by atoms with E-state index in [0.717, 1.165) is 21.4 Å². The Kier molecular flexibility index (Phi) is 3.97. The number of halogens is 1. The van der Waals surface area contributed by atoms with Gasteiger partial charge in [0, 0.05) is 24.6 Å². The molecule has 0 radical (unpaired) electrons. The van der Waals surface area contributed by atoms with E-state index in [-0.39, 0.29) is 5.69 Å². The molecule has 4 nitrogen and oxygen atoms in total. The van der Waals surface area contributed by atoms with Crippen molar-refractivity contribution in [2.45, 2.75) is 31.7 Å². The van der Waals surface area contributed by atoms with E-state index in [1.807, 2.05) is 21.1 Å². The highest BCUT2D eigenvalue weighted by molar-refractivity contribution is 9.10. The fourth-order valence-corrected chi connectivity index (χ4v) is 3.87. The maximum atomic E-state index is 12.1. The molecule has 5 heteroatoms. The number of hydrogen-bond donors (Lipinski definition) is 1. The van der Waals surface area contributed by atoms with Gasteiger partial charge in [-0.2, -0.15) is 0 Å². The molecule has 1 N–H and O–H groups in total.